The lowest BCUT2D eigenvalue weighted by Crippen LogP contribution is -2.47. The Morgan fingerprint density at radius 1 is 1.53 bits per heavy atom. The average Bonchev–Trinajstić information content (AvgIpc) is 2.67. The van der Waals surface area contributed by atoms with Gasteiger partial charge in [-0.25, -0.2) is 0 Å². The van der Waals surface area contributed by atoms with Gasteiger partial charge in [-0.2, -0.15) is 11.8 Å². The van der Waals surface area contributed by atoms with Crippen molar-refractivity contribution < 1.29 is 4.74 Å². The molecule has 0 saturated carbocycles. The third-order valence-corrected chi connectivity index (χ3v) is 4.60. The van der Waals surface area contributed by atoms with E-state index >= 15 is 0 Å². The number of rotatable bonds is 4. The van der Waals surface area contributed by atoms with Crippen molar-refractivity contribution in [1.29, 1.82) is 0 Å². The first-order valence-corrected chi connectivity index (χ1v) is 7.15. The maximum Gasteiger partial charge on any atom is 0.0795 e. The van der Waals surface area contributed by atoms with E-state index in [1.54, 1.807) is 0 Å². The molecule has 0 amide bonds. The lowest BCUT2D eigenvalue weighted by molar-refractivity contribution is -0.0700. The molecule has 4 heteroatoms. The van der Waals surface area contributed by atoms with Gasteiger partial charge in [0.05, 0.1) is 5.60 Å². The van der Waals surface area contributed by atoms with Crippen molar-refractivity contribution in [2.24, 2.45) is 5.73 Å². The van der Waals surface area contributed by atoms with Gasteiger partial charge in [-0.15, -0.1) is 0 Å². The topological polar surface area (TPSA) is 47.3 Å². The van der Waals surface area contributed by atoms with Crippen molar-refractivity contribution in [2.45, 2.75) is 37.3 Å². The quantitative estimate of drug-likeness (QED) is 0.707. The van der Waals surface area contributed by atoms with Crippen molar-refractivity contribution in [3.8, 4) is 0 Å². The first-order chi connectivity index (χ1) is 7.35. The summed E-state index contributed by atoms with van der Waals surface area (Å²) < 4.78 is 5.98. The summed E-state index contributed by atoms with van der Waals surface area (Å²) in [6.45, 7) is 2.78. The van der Waals surface area contributed by atoms with Gasteiger partial charge in [0.25, 0.3) is 0 Å². The van der Waals surface area contributed by atoms with Crippen LogP contribution < -0.4 is 11.1 Å². The Labute approximate surface area is 96.5 Å². The van der Waals surface area contributed by atoms with Crippen LogP contribution in [0.5, 0.6) is 0 Å². The molecule has 0 aromatic heterocycles. The zero-order chi connectivity index (χ0) is 10.6. The highest BCUT2D eigenvalue weighted by Gasteiger charge is 2.40. The van der Waals surface area contributed by atoms with E-state index < -0.39 is 0 Å². The maximum atomic E-state index is 5.98. The normalized spacial score (nSPS) is 36.2. The molecule has 3 nitrogen and oxygen atoms in total. The highest BCUT2D eigenvalue weighted by atomic mass is 32.2. The third kappa shape index (κ3) is 3.09. The summed E-state index contributed by atoms with van der Waals surface area (Å²) in [6.07, 6.45) is 4.69. The highest BCUT2D eigenvalue weighted by molar-refractivity contribution is 7.99. The van der Waals surface area contributed by atoms with E-state index in [4.69, 9.17) is 10.5 Å². The van der Waals surface area contributed by atoms with Crippen LogP contribution in [0.1, 0.15) is 25.7 Å². The molecule has 2 rings (SSSR count). The minimum atomic E-state index is 0.212. The molecule has 2 aliphatic heterocycles. The standard InChI is InChI=1S/C11H22N2OS/c12-4-1-5-13-10-2-6-14-11(8-10)3-7-15-9-11/h10,13H,1-9,12H2. The van der Waals surface area contributed by atoms with Crippen LogP contribution >= 0.6 is 11.8 Å². The molecule has 0 aromatic carbocycles. The predicted octanol–water partition coefficient (Wildman–Crippen LogP) is 0.980. The van der Waals surface area contributed by atoms with E-state index in [9.17, 15) is 0 Å². The zero-order valence-corrected chi connectivity index (χ0v) is 10.2. The summed E-state index contributed by atoms with van der Waals surface area (Å²) in [5, 5.41) is 3.60. The van der Waals surface area contributed by atoms with Crippen LogP contribution in [0.2, 0.25) is 0 Å². The molecule has 88 valence electrons. The van der Waals surface area contributed by atoms with Gasteiger partial charge in [-0.3, -0.25) is 0 Å². The Bertz CT molecular complexity index is 195. The molecule has 0 radical (unpaired) electrons. The van der Waals surface area contributed by atoms with Gasteiger partial charge in [-0.1, -0.05) is 0 Å². The second-order valence-corrected chi connectivity index (χ2v) is 5.73. The Morgan fingerprint density at radius 3 is 3.20 bits per heavy atom. The maximum absolute atomic E-state index is 5.98. The van der Waals surface area contributed by atoms with Gasteiger partial charge in [0.2, 0.25) is 0 Å². The number of nitrogens with two attached hydrogens (primary N) is 1. The first kappa shape index (κ1) is 11.7. The highest BCUT2D eigenvalue weighted by Crippen LogP contribution is 2.38. The van der Waals surface area contributed by atoms with Crippen LogP contribution in [-0.4, -0.2) is 42.8 Å². The Hall–Kier alpha value is 0.230. The Kier molecular flexibility index (Phi) is 4.31. The average molecular weight is 230 g/mol. The van der Waals surface area contributed by atoms with E-state index in [1.807, 2.05) is 11.8 Å². The van der Waals surface area contributed by atoms with Gasteiger partial charge < -0.3 is 15.8 Å². The van der Waals surface area contributed by atoms with Crippen LogP contribution in [-0.2, 0) is 4.74 Å². The SMILES string of the molecule is NCCCNC1CCOC2(CCSC2)C1. The van der Waals surface area contributed by atoms with Crippen molar-refractivity contribution in [2.75, 3.05) is 31.2 Å². The summed E-state index contributed by atoms with van der Waals surface area (Å²) in [5.74, 6) is 2.47. The van der Waals surface area contributed by atoms with Crippen molar-refractivity contribution in [3.05, 3.63) is 0 Å². The number of thioether (sulfide) groups is 1. The Balaban J connectivity index is 1.76. The zero-order valence-electron chi connectivity index (χ0n) is 9.34. The van der Waals surface area contributed by atoms with Gasteiger partial charge in [0.15, 0.2) is 0 Å². The first-order valence-electron chi connectivity index (χ1n) is 6.00. The Morgan fingerprint density at radius 2 is 2.47 bits per heavy atom. The molecular weight excluding hydrogens is 208 g/mol. The van der Waals surface area contributed by atoms with E-state index in [0.717, 1.165) is 32.5 Å². The van der Waals surface area contributed by atoms with Crippen molar-refractivity contribution in [1.82, 2.24) is 5.32 Å². The molecule has 2 fully saturated rings. The summed E-state index contributed by atoms with van der Waals surface area (Å²) in [5.41, 5.74) is 5.70. The molecule has 0 bridgehead atoms. The molecule has 2 unspecified atom stereocenters. The van der Waals surface area contributed by atoms with Gasteiger partial charge in [0, 0.05) is 18.4 Å². The largest absolute Gasteiger partial charge is 0.374 e. The van der Waals surface area contributed by atoms with Crippen LogP contribution in [0.15, 0.2) is 0 Å². The van der Waals surface area contributed by atoms with Crippen LogP contribution in [0.25, 0.3) is 0 Å². The molecule has 0 aromatic rings. The minimum absolute atomic E-state index is 0.212. The smallest absolute Gasteiger partial charge is 0.0795 e. The lowest BCUT2D eigenvalue weighted by atomic mass is 9.90. The lowest BCUT2D eigenvalue weighted by Gasteiger charge is -2.38. The van der Waals surface area contributed by atoms with E-state index in [2.05, 4.69) is 5.32 Å². The third-order valence-electron chi connectivity index (χ3n) is 3.37. The second kappa shape index (κ2) is 5.53. The van der Waals surface area contributed by atoms with Gasteiger partial charge >= 0.3 is 0 Å². The summed E-state index contributed by atoms with van der Waals surface area (Å²) in [6, 6.07) is 0.656. The second-order valence-electron chi connectivity index (χ2n) is 4.62. The fourth-order valence-corrected chi connectivity index (χ4v) is 3.85. The van der Waals surface area contributed by atoms with Crippen molar-refractivity contribution in [3.63, 3.8) is 0 Å². The molecule has 0 aliphatic carbocycles. The van der Waals surface area contributed by atoms with Gasteiger partial charge in [0.1, 0.15) is 0 Å². The number of ether oxygens (including phenoxy) is 1. The van der Waals surface area contributed by atoms with E-state index in [0.29, 0.717) is 6.04 Å². The monoisotopic (exact) mass is 230 g/mol. The van der Waals surface area contributed by atoms with E-state index in [-0.39, 0.29) is 5.60 Å². The number of hydrogen-bond donors (Lipinski definition) is 2. The number of hydrogen-bond acceptors (Lipinski definition) is 4. The minimum Gasteiger partial charge on any atom is -0.374 e. The van der Waals surface area contributed by atoms with Crippen LogP contribution in [0.3, 0.4) is 0 Å². The molecular formula is C11H22N2OS. The van der Waals surface area contributed by atoms with E-state index in [1.165, 1.54) is 24.3 Å². The molecule has 15 heavy (non-hydrogen) atoms. The number of nitrogens with one attached hydrogen (secondary N) is 1. The molecule has 2 atom stereocenters. The summed E-state index contributed by atoms with van der Waals surface area (Å²) in [4.78, 5) is 0. The molecule has 2 aliphatic rings. The molecule has 1 spiro atoms. The van der Waals surface area contributed by atoms with Gasteiger partial charge in [-0.05, 0) is 44.5 Å². The van der Waals surface area contributed by atoms with Crippen LogP contribution in [0.4, 0.5) is 0 Å². The van der Waals surface area contributed by atoms with Crippen molar-refractivity contribution >= 4 is 11.8 Å². The molecule has 3 N–H and O–H groups in total. The van der Waals surface area contributed by atoms with Crippen LogP contribution in [0, 0.1) is 0 Å². The molecule has 2 saturated heterocycles. The fraction of sp³-hybridized carbons (Fsp3) is 1.00. The molecule has 2 heterocycles. The summed E-state index contributed by atoms with van der Waals surface area (Å²) >= 11 is 2.04. The predicted molar refractivity (Wildman–Crippen MR) is 65.3 cm³/mol. The fourth-order valence-electron chi connectivity index (χ4n) is 2.47. The summed E-state index contributed by atoms with van der Waals surface area (Å²) in [7, 11) is 0.